The van der Waals surface area contributed by atoms with Gasteiger partial charge in [0.25, 0.3) is 0 Å². The molecule has 0 aromatic heterocycles. The van der Waals surface area contributed by atoms with Gasteiger partial charge in [-0.1, -0.05) is 12.1 Å². The number of primary sulfonamides is 1. The van der Waals surface area contributed by atoms with E-state index in [0.29, 0.717) is 0 Å². The largest absolute Gasteiger partial charge is 0.486 e. The van der Waals surface area contributed by atoms with Crippen LogP contribution in [0.2, 0.25) is 0 Å². The third-order valence-corrected chi connectivity index (χ3v) is 7.40. The van der Waals surface area contributed by atoms with Gasteiger partial charge in [0.2, 0.25) is 20.0 Å². The highest BCUT2D eigenvalue weighted by atomic mass is 32.2. The Morgan fingerprint density at radius 2 is 1.67 bits per heavy atom. The van der Waals surface area contributed by atoms with Gasteiger partial charge in [0.15, 0.2) is 11.6 Å². The van der Waals surface area contributed by atoms with Crippen molar-refractivity contribution in [3.8, 4) is 5.75 Å². The molecule has 12 heteroatoms. The van der Waals surface area contributed by atoms with Crippen LogP contribution in [0.25, 0.3) is 0 Å². The molecule has 0 saturated carbocycles. The van der Waals surface area contributed by atoms with E-state index in [2.05, 4.69) is 0 Å². The lowest BCUT2D eigenvalue weighted by atomic mass is 10.2. The molecule has 1 saturated heterocycles. The fraction of sp³-hybridized carbons (Fsp3) is 0.278. The molecule has 0 aliphatic carbocycles. The van der Waals surface area contributed by atoms with E-state index < -0.39 is 44.0 Å². The van der Waals surface area contributed by atoms with Crippen molar-refractivity contribution in [2.24, 2.45) is 5.14 Å². The van der Waals surface area contributed by atoms with Crippen LogP contribution in [0.15, 0.2) is 58.3 Å². The Morgan fingerprint density at radius 1 is 1.07 bits per heavy atom. The number of sulfonamides is 2. The van der Waals surface area contributed by atoms with E-state index in [0.717, 1.165) is 35.7 Å². The number of hydrogen-bond donors (Lipinski definition) is 1. The lowest BCUT2D eigenvalue weighted by molar-refractivity contribution is -0.144. The molecule has 0 spiro atoms. The van der Waals surface area contributed by atoms with Gasteiger partial charge in [-0.05, 0) is 36.4 Å². The van der Waals surface area contributed by atoms with E-state index in [-0.39, 0.29) is 28.5 Å². The molecule has 162 valence electrons. The number of nitrogens with zero attached hydrogens (tertiary/aromatic N) is 1. The number of hydrogen-bond acceptors (Lipinski definition) is 7. The van der Waals surface area contributed by atoms with Crippen LogP contribution in [0.1, 0.15) is 6.42 Å². The molecule has 1 aliphatic heterocycles. The molecule has 0 bridgehead atoms. The van der Waals surface area contributed by atoms with Gasteiger partial charge in [0.1, 0.15) is 12.1 Å². The second-order valence-electron chi connectivity index (χ2n) is 6.54. The van der Waals surface area contributed by atoms with E-state index in [1.165, 1.54) is 18.2 Å². The topological polar surface area (TPSA) is 133 Å². The van der Waals surface area contributed by atoms with Crippen molar-refractivity contribution in [1.29, 1.82) is 0 Å². The number of nitrogens with two attached hydrogens (primary N) is 1. The van der Waals surface area contributed by atoms with Gasteiger partial charge in [0.05, 0.1) is 23.4 Å². The minimum absolute atomic E-state index is 0.0461. The van der Waals surface area contributed by atoms with Crippen LogP contribution in [0.5, 0.6) is 5.75 Å². The second kappa shape index (κ2) is 8.30. The van der Waals surface area contributed by atoms with Crippen molar-refractivity contribution in [2.45, 2.75) is 28.4 Å². The van der Waals surface area contributed by atoms with Crippen LogP contribution in [0.4, 0.5) is 4.39 Å². The number of esters is 1. The number of rotatable bonds is 6. The third-order valence-electron chi connectivity index (χ3n) is 4.58. The average molecular weight is 458 g/mol. The van der Waals surface area contributed by atoms with Gasteiger partial charge < -0.3 is 9.47 Å². The molecule has 0 radical (unpaired) electrons. The molecule has 9 nitrogen and oxygen atoms in total. The number of carbonyl (C=O) groups excluding carboxylic acids is 1. The van der Waals surface area contributed by atoms with E-state index in [4.69, 9.17) is 14.6 Å². The van der Waals surface area contributed by atoms with Crippen molar-refractivity contribution in [3.05, 3.63) is 54.3 Å². The number of halogens is 1. The fourth-order valence-corrected chi connectivity index (χ4v) is 5.26. The molecule has 3 rings (SSSR count). The molecule has 1 fully saturated rings. The Kier molecular flexibility index (Phi) is 6.13. The van der Waals surface area contributed by atoms with Gasteiger partial charge in [-0.25, -0.2) is 26.4 Å². The minimum atomic E-state index is -4.22. The summed E-state index contributed by atoms with van der Waals surface area (Å²) >= 11 is 0. The molecule has 2 atom stereocenters. The Labute approximate surface area is 173 Å². The van der Waals surface area contributed by atoms with E-state index >= 15 is 0 Å². The maximum absolute atomic E-state index is 13.9. The Morgan fingerprint density at radius 3 is 2.23 bits per heavy atom. The summed E-state index contributed by atoms with van der Waals surface area (Å²) in [6, 6.07) is 8.72. The van der Waals surface area contributed by atoms with Crippen LogP contribution < -0.4 is 9.88 Å². The van der Waals surface area contributed by atoms with Gasteiger partial charge >= 0.3 is 5.97 Å². The SMILES string of the molecule is COC(=O)C1CC(Oc2ccccc2F)CN1S(=O)(=O)c1ccc(S(N)(=O)=O)cc1. The van der Waals surface area contributed by atoms with E-state index in [1.54, 1.807) is 6.07 Å². The maximum Gasteiger partial charge on any atom is 0.324 e. The summed E-state index contributed by atoms with van der Waals surface area (Å²) in [6.07, 6.45) is -0.848. The summed E-state index contributed by atoms with van der Waals surface area (Å²) in [7, 11) is -7.09. The summed E-state index contributed by atoms with van der Waals surface area (Å²) in [4.78, 5) is 11.7. The monoisotopic (exact) mass is 458 g/mol. The fourth-order valence-electron chi connectivity index (χ4n) is 3.13. The van der Waals surface area contributed by atoms with Crippen molar-refractivity contribution >= 4 is 26.0 Å². The zero-order chi connectivity index (χ0) is 22.1. The molecule has 1 heterocycles. The lowest BCUT2D eigenvalue weighted by Crippen LogP contribution is -2.41. The highest BCUT2D eigenvalue weighted by Crippen LogP contribution is 2.30. The number of methoxy groups -OCH3 is 1. The molecule has 2 aromatic carbocycles. The number of ether oxygens (including phenoxy) is 2. The zero-order valence-electron chi connectivity index (χ0n) is 15.8. The summed E-state index contributed by atoms with van der Waals surface area (Å²) < 4.78 is 74.0. The van der Waals surface area contributed by atoms with E-state index in [9.17, 15) is 26.0 Å². The predicted molar refractivity (Wildman–Crippen MR) is 103 cm³/mol. The normalized spacial score (nSPS) is 20.1. The zero-order valence-corrected chi connectivity index (χ0v) is 17.4. The molecule has 2 unspecified atom stereocenters. The van der Waals surface area contributed by atoms with Crippen LogP contribution >= 0.6 is 0 Å². The van der Waals surface area contributed by atoms with Crippen molar-refractivity contribution < 1.29 is 35.5 Å². The summed E-state index contributed by atoms with van der Waals surface area (Å²) in [5.74, 6) is -1.48. The van der Waals surface area contributed by atoms with Crippen LogP contribution in [-0.4, -0.2) is 52.9 Å². The minimum Gasteiger partial charge on any atom is -0.486 e. The number of para-hydroxylation sites is 1. The van der Waals surface area contributed by atoms with Crippen LogP contribution in [-0.2, 0) is 29.6 Å². The molecule has 1 aliphatic rings. The molecular weight excluding hydrogens is 439 g/mol. The first-order valence-corrected chi connectivity index (χ1v) is 11.7. The standard InChI is InChI=1S/C18H19FN2O7S2/c1-27-18(22)16-10-12(28-17-5-3-2-4-15(17)19)11-21(16)30(25,26)14-8-6-13(7-9-14)29(20,23)24/h2-9,12,16H,10-11H2,1H3,(H2,20,23,24). The molecule has 2 aromatic rings. The van der Waals surface area contributed by atoms with Gasteiger partial charge in [0, 0.05) is 6.42 Å². The number of benzene rings is 2. The highest BCUT2D eigenvalue weighted by molar-refractivity contribution is 7.89. The van der Waals surface area contributed by atoms with Crippen molar-refractivity contribution in [1.82, 2.24) is 4.31 Å². The molecule has 30 heavy (non-hydrogen) atoms. The smallest absolute Gasteiger partial charge is 0.324 e. The molecule has 0 amide bonds. The first-order valence-electron chi connectivity index (χ1n) is 8.68. The Bertz CT molecular complexity index is 1150. The highest BCUT2D eigenvalue weighted by Gasteiger charge is 2.45. The first kappa shape index (κ1) is 22.2. The first-order chi connectivity index (χ1) is 14.0. The van der Waals surface area contributed by atoms with Crippen LogP contribution in [0, 0.1) is 5.82 Å². The predicted octanol–water partition coefficient (Wildman–Crippen LogP) is 0.857. The summed E-state index contributed by atoms with van der Waals surface area (Å²) in [5, 5.41) is 5.03. The van der Waals surface area contributed by atoms with Gasteiger partial charge in [-0.15, -0.1) is 0 Å². The Hall–Kier alpha value is -2.54. The quantitative estimate of drug-likeness (QED) is 0.635. The van der Waals surface area contributed by atoms with Crippen LogP contribution in [0.3, 0.4) is 0 Å². The molecular formula is C18H19FN2O7S2. The second-order valence-corrected chi connectivity index (χ2v) is 9.99. The molecule has 2 N–H and O–H groups in total. The van der Waals surface area contributed by atoms with Crippen molar-refractivity contribution in [2.75, 3.05) is 13.7 Å². The van der Waals surface area contributed by atoms with Crippen molar-refractivity contribution in [3.63, 3.8) is 0 Å². The Balaban J connectivity index is 1.90. The van der Waals surface area contributed by atoms with Gasteiger partial charge in [-0.2, -0.15) is 4.31 Å². The third kappa shape index (κ3) is 4.46. The average Bonchev–Trinajstić information content (AvgIpc) is 3.13. The number of carbonyl (C=O) groups is 1. The lowest BCUT2D eigenvalue weighted by Gasteiger charge is -2.21. The maximum atomic E-state index is 13.9. The van der Waals surface area contributed by atoms with E-state index in [1.807, 2.05) is 0 Å². The summed E-state index contributed by atoms with van der Waals surface area (Å²) in [6.45, 7) is -0.229. The summed E-state index contributed by atoms with van der Waals surface area (Å²) in [5.41, 5.74) is 0. The van der Waals surface area contributed by atoms with Gasteiger partial charge in [-0.3, -0.25) is 4.79 Å².